The van der Waals surface area contributed by atoms with Gasteiger partial charge in [-0.1, -0.05) is 23.7 Å². The van der Waals surface area contributed by atoms with Crippen LogP contribution in [0.4, 0.5) is 0 Å². The number of hydrogen-bond acceptors (Lipinski definition) is 4. The maximum Gasteiger partial charge on any atom is 0.340 e. The van der Waals surface area contributed by atoms with E-state index in [9.17, 15) is 9.59 Å². The lowest BCUT2D eigenvalue weighted by atomic mass is 10.1. The highest BCUT2D eigenvalue weighted by Crippen LogP contribution is 2.17. The van der Waals surface area contributed by atoms with E-state index in [4.69, 9.17) is 16.3 Å². The molecule has 1 heterocycles. The highest BCUT2D eigenvalue weighted by atomic mass is 35.5. The Morgan fingerprint density at radius 3 is 2.82 bits per heavy atom. The van der Waals surface area contributed by atoms with Crippen LogP contribution in [0.3, 0.4) is 0 Å². The number of carbonyl (C=O) groups is 2. The number of amides is 1. The summed E-state index contributed by atoms with van der Waals surface area (Å²) in [5.41, 5.74) is 1.18. The molecule has 0 aliphatic rings. The van der Waals surface area contributed by atoms with Crippen LogP contribution in [0.2, 0.25) is 5.02 Å². The molecular formula is C16H15ClN2O3. The fourth-order valence-electron chi connectivity index (χ4n) is 1.84. The summed E-state index contributed by atoms with van der Waals surface area (Å²) >= 11 is 5.91. The Labute approximate surface area is 133 Å². The van der Waals surface area contributed by atoms with Gasteiger partial charge >= 0.3 is 5.97 Å². The van der Waals surface area contributed by atoms with Crippen molar-refractivity contribution in [1.29, 1.82) is 0 Å². The Hall–Kier alpha value is -2.40. The minimum absolute atomic E-state index is 0.233. The lowest BCUT2D eigenvalue weighted by molar-refractivity contribution is -0.124. The van der Waals surface area contributed by atoms with Gasteiger partial charge in [-0.25, -0.2) is 4.79 Å². The molecule has 114 valence electrons. The zero-order chi connectivity index (χ0) is 15.9. The van der Waals surface area contributed by atoms with Crippen molar-refractivity contribution in [3.63, 3.8) is 0 Å². The average Bonchev–Trinajstić information content (AvgIpc) is 2.53. The van der Waals surface area contributed by atoms with Gasteiger partial charge < -0.3 is 10.1 Å². The second-order valence-corrected chi connectivity index (χ2v) is 5.10. The third-order valence-corrected chi connectivity index (χ3v) is 3.19. The van der Waals surface area contributed by atoms with Gasteiger partial charge in [0.05, 0.1) is 11.6 Å². The monoisotopic (exact) mass is 318 g/mol. The fraction of sp³-hybridized carbons (Fsp3) is 0.188. The number of ether oxygens (including phenoxy) is 1. The zero-order valence-electron chi connectivity index (χ0n) is 12.0. The van der Waals surface area contributed by atoms with Crippen molar-refractivity contribution in [2.45, 2.75) is 13.0 Å². The summed E-state index contributed by atoms with van der Waals surface area (Å²) in [5, 5.41) is 3.34. The van der Waals surface area contributed by atoms with Crippen molar-refractivity contribution in [2.75, 3.05) is 6.61 Å². The van der Waals surface area contributed by atoms with Crippen LogP contribution in [0.1, 0.15) is 28.9 Å². The molecule has 1 atom stereocenters. The molecule has 6 heteroatoms. The Balaban J connectivity index is 1.84. The Morgan fingerprint density at radius 1 is 1.32 bits per heavy atom. The third kappa shape index (κ3) is 4.56. The summed E-state index contributed by atoms with van der Waals surface area (Å²) in [5.74, 6) is -0.969. The van der Waals surface area contributed by atoms with E-state index >= 15 is 0 Å². The quantitative estimate of drug-likeness (QED) is 0.861. The molecule has 0 aliphatic carbocycles. The first kappa shape index (κ1) is 16.0. The summed E-state index contributed by atoms with van der Waals surface area (Å²) in [4.78, 5) is 27.3. The summed E-state index contributed by atoms with van der Waals surface area (Å²) in [6, 6.07) is 10.2. The molecule has 0 saturated carbocycles. The second kappa shape index (κ2) is 7.56. The number of benzene rings is 1. The van der Waals surface area contributed by atoms with Gasteiger partial charge in [0.2, 0.25) is 0 Å². The van der Waals surface area contributed by atoms with E-state index in [-0.39, 0.29) is 18.6 Å². The van der Waals surface area contributed by atoms with Crippen molar-refractivity contribution in [1.82, 2.24) is 10.3 Å². The molecule has 2 aromatic rings. The van der Waals surface area contributed by atoms with E-state index < -0.39 is 5.97 Å². The fourth-order valence-corrected chi connectivity index (χ4v) is 2.04. The van der Waals surface area contributed by atoms with Crippen LogP contribution in [0.5, 0.6) is 0 Å². The second-order valence-electron chi connectivity index (χ2n) is 4.66. The Kier molecular flexibility index (Phi) is 5.49. The number of nitrogens with zero attached hydrogens (tertiary/aromatic N) is 1. The molecule has 1 amide bonds. The number of rotatable bonds is 5. The van der Waals surface area contributed by atoms with Gasteiger partial charge in [-0.15, -0.1) is 0 Å². The standard InChI is InChI=1S/C16H15ClN2O3/c1-11(12-4-2-6-14(17)8-12)19-15(20)10-22-16(21)13-5-3-7-18-9-13/h2-9,11H,10H2,1H3,(H,19,20)/t11-/m0/s1. The Morgan fingerprint density at radius 2 is 2.14 bits per heavy atom. The van der Waals surface area contributed by atoms with Crippen molar-refractivity contribution in [3.05, 3.63) is 64.9 Å². The SMILES string of the molecule is C[C@H](NC(=O)COC(=O)c1cccnc1)c1cccc(Cl)c1. The molecule has 5 nitrogen and oxygen atoms in total. The van der Waals surface area contributed by atoms with Crippen LogP contribution in [0, 0.1) is 0 Å². The number of hydrogen-bond donors (Lipinski definition) is 1. The van der Waals surface area contributed by atoms with Crippen LogP contribution in [-0.2, 0) is 9.53 Å². The first-order valence-corrected chi connectivity index (χ1v) is 7.06. The van der Waals surface area contributed by atoms with Crippen molar-refractivity contribution >= 4 is 23.5 Å². The van der Waals surface area contributed by atoms with E-state index in [1.807, 2.05) is 19.1 Å². The van der Waals surface area contributed by atoms with Gasteiger partial charge in [-0.05, 0) is 36.8 Å². The van der Waals surface area contributed by atoms with E-state index in [0.29, 0.717) is 10.6 Å². The van der Waals surface area contributed by atoms with Crippen LogP contribution in [0.15, 0.2) is 48.8 Å². The number of pyridine rings is 1. The molecule has 1 N–H and O–H groups in total. The van der Waals surface area contributed by atoms with E-state index in [1.165, 1.54) is 6.20 Å². The predicted octanol–water partition coefficient (Wildman–Crippen LogP) is 2.77. The largest absolute Gasteiger partial charge is 0.452 e. The molecule has 0 radical (unpaired) electrons. The van der Waals surface area contributed by atoms with E-state index in [2.05, 4.69) is 10.3 Å². The first-order chi connectivity index (χ1) is 10.6. The van der Waals surface area contributed by atoms with Crippen molar-refractivity contribution in [2.24, 2.45) is 0 Å². The number of halogens is 1. The molecular weight excluding hydrogens is 304 g/mol. The summed E-state index contributed by atoms with van der Waals surface area (Å²) in [7, 11) is 0. The zero-order valence-corrected chi connectivity index (χ0v) is 12.7. The molecule has 0 fully saturated rings. The molecule has 0 spiro atoms. The van der Waals surface area contributed by atoms with Gasteiger partial charge in [0.1, 0.15) is 0 Å². The number of esters is 1. The number of nitrogens with one attached hydrogen (secondary N) is 1. The molecule has 2 rings (SSSR count). The molecule has 1 aromatic heterocycles. The van der Waals surface area contributed by atoms with Gasteiger partial charge in [-0.2, -0.15) is 0 Å². The maximum absolute atomic E-state index is 11.8. The highest BCUT2D eigenvalue weighted by Gasteiger charge is 2.13. The first-order valence-electron chi connectivity index (χ1n) is 6.68. The van der Waals surface area contributed by atoms with Crippen molar-refractivity contribution in [3.8, 4) is 0 Å². The third-order valence-electron chi connectivity index (χ3n) is 2.96. The molecule has 0 bridgehead atoms. The molecule has 0 unspecified atom stereocenters. The molecule has 1 aromatic carbocycles. The average molecular weight is 319 g/mol. The normalized spacial score (nSPS) is 11.5. The summed E-state index contributed by atoms with van der Waals surface area (Å²) in [6.45, 7) is 1.48. The van der Waals surface area contributed by atoms with Gasteiger partial charge in [-0.3, -0.25) is 9.78 Å². The maximum atomic E-state index is 11.8. The number of carbonyl (C=O) groups excluding carboxylic acids is 2. The van der Waals surface area contributed by atoms with E-state index in [1.54, 1.807) is 30.5 Å². The molecule has 0 saturated heterocycles. The van der Waals surface area contributed by atoms with Gasteiger partial charge in [0, 0.05) is 17.4 Å². The molecule has 0 aliphatic heterocycles. The van der Waals surface area contributed by atoms with Crippen LogP contribution >= 0.6 is 11.6 Å². The molecule has 22 heavy (non-hydrogen) atoms. The topological polar surface area (TPSA) is 68.3 Å². The van der Waals surface area contributed by atoms with E-state index in [0.717, 1.165) is 5.56 Å². The van der Waals surface area contributed by atoms with Gasteiger partial charge in [0.25, 0.3) is 5.91 Å². The van der Waals surface area contributed by atoms with Crippen LogP contribution in [-0.4, -0.2) is 23.5 Å². The van der Waals surface area contributed by atoms with Gasteiger partial charge in [0.15, 0.2) is 6.61 Å². The minimum Gasteiger partial charge on any atom is -0.452 e. The predicted molar refractivity (Wildman–Crippen MR) is 82.5 cm³/mol. The number of aromatic nitrogens is 1. The van der Waals surface area contributed by atoms with Crippen LogP contribution < -0.4 is 5.32 Å². The lowest BCUT2D eigenvalue weighted by Gasteiger charge is -2.14. The lowest BCUT2D eigenvalue weighted by Crippen LogP contribution is -2.31. The van der Waals surface area contributed by atoms with Crippen molar-refractivity contribution < 1.29 is 14.3 Å². The van der Waals surface area contributed by atoms with Crippen LogP contribution in [0.25, 0.3) is 0 Å². The summed E-state index contributed by atoms with van der Waals surface area (Å²) in [6.07, 6.45) is 2.94. The summed E-state index contributed by atoms with van der Waals surface area (Å²) < 4.78 is 4.93. The minimum atomic E-state index is -0.585. The smallest absolute Gasteiger partial charge is 0.340 e. The Bertz CT molecular complexity index is 661. The highest BCUT2D eigenvalue weighted by molar-refractivity contribution is 6.30.